The van der Waals surface area contributed by atoms with Crippen molar-refractivity contribution in [2.24, 2.45) is 0 Å². The smallest absolute Gasteiger partial charge is 0.238 e. The van der Waals surface area contributed by atoms with Crippen LogP contribution in [0, 0.1) is 0 Å². The molecule has 8 aromatic carbocycles. The maximum atomic E-state index is 5.31. The Morgan fingerprint density at radius 1 is 0.414 bits per heavy atom. The topological polar surface area (TPSA) is 46.8 Å². The second-order valence-electron chi connectivity index (χ2n) is 14.8. The van der Waals surface area contributed by atoms with Crippen molar-refractivity contribution >= 4 is 50.6 Å². The van der Waals surface area contributed by atoms with E-state index in [1.165, 1.54) is 32.0 Å². The van der Waals surface area contributed by atoms with Crippen LogP contribution in [-0.4, -0.2) is 19.5 Å². The van der Waals surface area contributed by atoms with Crippen molar-refractivity contribution in [3.8, 4) is 28.7 Å². The van der Waals surface area contributed by atoms with Gasteiger partial charge in [-0.15, -0.1) is 0 Å². The molecule has 1 spiro atoms. The van der Waals surface area contributed by atoms with Crippen LogP contribution in [0.5, 0.6) is 0 Å². The van der Waals surface area contributed by atoms with Gasteiger partial charge in [0.15, 0.2) is 11.6 Å². The predicted octanol–water partition coefficient (Wildman–Crippen LogP) is 12.9. The van der Waals surface area contributed by atoms with E-state index in [1.54, 1.807) is 0 Å². The SMILES string of the molecule is c1ccc(-c2nc(-c3ccccc3)nc(-n3c4ccccc4c4ccc5c(c43)Sc3ccccc3C53c4ccccc4N(c4ccccc4)c4ccccc43)n2)cc1. The molecule has 2 aliphatic rings. The number of aromatic nitrogens is 4. The van der Waals surface area contributed by atoms with E-state index in [0.717, 1.165) is 50.0 Å². The number of fused-ring (bicyclic) bond motifs is 12. The van der Waals surface area contributed by atoms with Crippen LogP contribution in [0.2, 0.25) is 0 Å². The van der Waals surface area contributed by atoms with E-state index in [2.05, 4.69) is 173 Å². The highest BCUT2D eigenvalue weighted by molar-refractivity contribution is 7.99. The second kappa shape index (κ2) is 12.9. The molecule has 10 aromatic rings. The zero-order valence-electron chi connectivity index (χ0n) is 31.2. The minimum atomic E-state index is -0.630. The van der Waals surface area contributed by atoms with E-state index in [4.69, 9.17) is 15.0 Å². The first-order chi connectivity index (χ1) is 28.8. The van der Waals surface area contributed by atoms with E-state index >= 15 is 0 Å². The van der Waals surface area contributed by atoms with Gasteiger partial charge in [-0.25, -0.2) is 4.98 Å². The standard InChI is InChI=1S/C52H33N5S/c1-4-18-34(19-5-1)49-53-50(35-20-6-2-7-21-35)55-51(54-49)57-43-28-14-10-24-37(43)38-32-33-42-48(47(38)57)58-46-31-17-13-27-41(46)52(42)39-25-11-15-29-44(39)56(36-22-8-3-9-23-36)45-30-16-12-26-40(45)52/h1-33H. The van der Waals surface area contributed by atoms with Crippen LogP contribution in [0.1, 0.15) is 22.3 Å². The van der Waals surface area contributed by atoms with Crippen molar-refractivity contribution in [2.45, 2.75) is 15.2 Å². The van der Waals surface area contributed by atoms with Crippen LogP contribution < -0.4 is 4.90 Å². The summed E-state index contributed by atoms with van der Waals surface area (Å²) >= 11 is 1.85. The molecule has 272 valence electrons. The van der Waals surface area contributed by atoms with E-state index in [9.17, 15) is 0 Å². The fourth-order valence-electron chi connectivity index (χ4n) is 9.33. The number of benzene rings is 8. The Labute approximate surface area is 340 Å². The molecule has 12 rings (SSSR count). The zero-order chi connectivity index (χ0) is 38.2. The summed E-state index contributed by atoms with van der Waals surface area (Å²) in [6.45, 7) is 0. The van der Waals surface area contributed by atoms with Crippen molar-refractivity contribution in [1.29, 1.82) is 0 Å². The molecule has 0 saturated carbocycles. The summed E-state index contributed by atoms with van der Waals surface area (Å²) in [7, 11) is 0. The Morgan fingerprint density at radius 3 is 1.60 bits per heavy atom. The van der Waals surface area contributed by atoms with Gasteiger partial charge in [-0.1, -0.05) is 176 Å². The Kier molecular flexibility index (Phi) is 7.31. The molecule has 0 aliphatic carbocycles. The van der Waals surface area contributed by atoms with Crippen molar-refractivity contribution in [3.05, 3.63) is 222 Å². The third-order valence-electron chi connectivity index (χ3n) is 11.7. The lowest BCUT2D eigenvalue weighted by atomic mass is 9.62. The maximum Gasteiger partial charge on any atom is 0.238 e. The average Bonchev–Trinajstić information content (AvgIpc) is 3.65. The summed E-state index contributed by atoms with van der Waals surface area (Å²) < 4.78 is 2.29. The highest BCUT2D eigenvalue weighted by Crippen LogP contribution is 2.64. The van der Waals surface area contributed by atoms with E-state index in [-0.39, 0.29) is 0 Å². The lowest BCUT2D eigenvalue weighted by Crippen LogP contribution is -2.39. The molecule has 0 fully saturated rings. The fraction of sp³-hybridized carbons (Fsp3) is 0.0192. The summed E-state index contributed by atoms with van der Waals surface area (Å²) in [6, 6.07) is 71.4. The van der Waals surface area contributed by atoms with Crippen LogP contribution in [0.15, 0.2) is 210 Å². The molecular weight excluding hydrogens is 727 g/mol. The summed E-state index contributed by atoms with van der Waals surface area (Å²) in [5, 5.41) is 2.30. The number of rotatable bonds is 4. The second-order valence-corrected chi connectivity index (χ2v) is 15.8. The molecule has 58 heavy (non-hydrogen) atoms. The number of hydrogen-bond acceptors (Lipinski definition) is 5. The molecule has 0 atom stereocenters. The highest BCUT2D eigenvalue weighted by Gasteiger charge is 2.51. The molecule has 0 saturated heterocycles. The minimum absolute atomic E-state index is 0.584. The molecule has 6 heteroatoms. The van der Waals surface area contributed by atoms with Gasteiger partial charge in [0.05, 0.1) is 27.8 Å². The Morgan fingerprint density at radius 2 is 0.948 bits per heavy atom. The maximum absolute atomic E-state index is 5.31. The van der Waals surface area contributed by atoms with E-state index in [1.807, 2.05) is 48.2 Å². The molecule has 2 aliphatic heterocycles. The average molecular weight is 760 g/mol. The summed E-state index contributed by atoms with van der Waals surface area (Å²) in [4.78, 5) is 20.5. The molecule has 0 unspecified atom stereocenters. The molecule has 4 heterocycles. The monoisotopic (exact) mass is 759 g/mol. The van der Waals surface area contributed by atoms with Crippen molar-refractivity contribution in [3.63, 3.8) is 0 Å². The van der Waals surface area contributed by atoms with Crippen LogP contribution in [0.4, 0.5) is 17.1 Å². The largest absolute Gasteiger partial charge is 0.310 e. The highest BCUT2D eigenvalue weighted by atomic mass is 32.2. The van der Waals surface area contributed by atoms with Gasteiger partial charge < -0.3 is 4.90 Å². The fourth-order valence-corrected chi connectivity index (χ4v) is 10.7. The lowest BCUT2D eigenvalue weighted by molar-refractivity contribution is 0.693. The molecule has 0 amide bonds. The summed E-state index contributed by atoms with van der Waals surface area (Å²) in [5.74, 6) is 1.84. The lowest BCUT2D eigenvalue weighted by Gasteiger charge is -2.49. The molecule has 0 bridgehead atoms. The minimum Gasteiger partial charge on any atom is -0.310 e. The molecular formula is C52H33N5S. The number of anilines is 3. The molecule has 2 aromatic heterocycles. The van der Waals surface area contributed by atoms with Gasteiger partial charge in [0.25, 0.3) is 0 Å². The first-order valence-corrected chi connectivity index (χ1v) is 20.4. The first-order valence-electron chi connectivity index (χ1n) is 19.5. The van der Waals surface area contributed by atoms with E-state index < -0.39 is 5.41 Å². The van der Waals surface area contributed by atoms with Gasteiger partial charge in [-0.05, 0) is 58.7 Å². The Bertz CT molecular complexity index is 3110. The third-order valence-corrected chi connectivity index (χ3v) is 12.9. The Balaban J connectivity index is 1.22. The third kappa shape index (κ3) is 4.70. The van der Waals surface area contributed by atoms with Crippen molar-refractivity contribution in [2.75, 3.05) is 4.90 Å². The number of nitrogens with zero attached hydrogens (tertiary/aromatic N) is 5. The van der Waals surface area contributed by atoms with Gasteiger partial charge >= 0.3 is 0 Å². The van der Waals surface area contributed by atoms with Crippen LogP contribution in [0.3, 0.4) is 0 Å². The van der Waals surface area contributed by atoms with Crippen molar-refractivity contribution < 1.29 is 0 Å². The molecule has 0 N–H and O–H groups in total. The molecule has 0 radical (unpaired) electrons. The van der Waals surface area contributed by atoms with Gasteiger partial charge in [-0.2, -0.15) is 9.97 Å². The van der Waals surface area contributed by atoms with Crippen LogP contribution in [0.25, 0.3) is 50.5 Å². The normalized spacial score (nSPS) is 13.6. The van der Waals surface area contributed by atoms with Gasteiger partial charge in [-0.3, -0.25) is 4.57 Å². The van der Waals surface area contributed by atoms with Crippen LogP contribution >= 0.6 is 11.8 Å². The van der Waals surface area contributed by atoms with Crippen LogP contribution in [-0.2, 0) is 5.41 Å². The van der Waals surface area contributed by atoms with Crippen molar-refractivity contribution in [1.82, 2.24) is 19.5 Å². The van der Waals surface area contributed by atoms with Gasteiger partial charge in [0.1, 0.15) is 0 Å². The molecule has 5 nitrogen and oxygen atoms in total. The zero-order valence-corrected chi connectivity index (χ0v) is 32.0. The summed E-state index contributed by atoms with van der Waals surface area (Å²) in [5.41, 5.74) is 11.8. The Hall–Kier alpha value is -7.28. The quantitative estimate of drug-likeness (QED) is 0.179. The van der Waals surface area contributed by atoms with E-state index in [0.29, 0.717) is 17.6 Å². The number of hydrogen-bond donors (Lipinski definition) is 0. The first kappa shape index (κ1) is 32.9. The summed E-state index contributed by atoms with van der Waals surface area (Å²) in [6.07, 6.45) is 0. The van der Waals surface area contributed by atoms with Gasteiger partial charge in [0.2, 0.25) is 5.95 Å². The number of para-hydroxylation sites is 4. The predicted molar refractivity (Wildman–Crippen MR) is 236 cm³/mol. The van der Waals surface area contributed by atoms with Gasteiger partial charge in [0, 0.05) is 37.4 Å².